The van der Waals surface area contributed by atoms with Crippen LogP contribution in [0.15, 0.2) is 24.5 Å². The van der Waals surface area contributed by atoms with E-state index in [9.17, 15) is 8.42 Å². The Morgan fingerprint density at radius 2 is 2.05 bits per heavy atom. The first-order valence-electron chi connectivity index (χ1n) is 6.41. The molecule has 108 valence electrons. The molecule has 1 rings (SSSR count). The largest absolute Gasteiger partial charge is 0.313 e. The molecule has 1 N–H and O–H groups in total. The second-order valence-corrected chi connectivity index (χ2v) is 7.49. The summed E-state index contributed by atoms with van der Waals surface area (Å²) in [5.41, 5.74) is 0.887. The monoisotopic (exact) mass is 285 g/mol. The highest BCUT2D eigenvalue weighted by Gasteiger charge is 2.25. The van der Waals surface area contributed by atoms with Gasteiger partial charge in [0.05, 0.1) is 5.25 Å². The minimum atomic E-state index is -3.29. The molecule has 1 aromatic rings. The number of aromatic nitrogens is 1. The van der Waals surface area contributed by atoms with Gasteiger partial charge in [-0.3, -0.25) is 4.98 Å². The van der Waals surface area contributed by atoms with E-state index in [4.69, 9.17) is 0 Å². The van der Waals surface area contributed by atoms with E-state index in [0.29, 0.717) is 13.1 Å². The van der Waals surface area contributed by atoms with Crippen LogP contribution in [0.1, 0.15) is 26.3 Å². The summed E-state index contributed by atoms with van der Waals surface area (Å²) < 4.78 is 26.0. The van der Waals surface area contributed by atoms with Crippen molar-refractivity contribution < 1.29 is 8.42 Å². The van der Waals surface area contributed by atoms with Crippen LogP contribution in [0.2, 0.25) is 0 Å². The standard InChI is InChI=1S/C13H23N3O2S/c1-11(2)15-8-12(3)19(17,18)16(4)10-13-6-5-7-14-9-13/h5-7,9,11-12,15H,8,10H2,1-4H3. The number of sulfonamides is 1. The van der Waals surface area contributed by atoms with Crippen LogP contribution in [0, 0.1) is 0 Å². The lowest BCUT2D eigenvalue weighted by atomic mass is 10.3. The third-order valence-corrected chi connectivity index (χ3v) is 5.07. The number of hydrogen-bond donors (Lipinski definition) is 1. The Morgan fingerprint density at radius 3 is 2.58 bits per heavy atom. The van der Waals surface area contributed by atoms with E-state index in [2.05, 4.69) is 10.3 Å². The van der Waals surface area contributed by atoms with Crippen LogP contribution in [-0.2, 0) is 16.6 Å². The molecule has 1 heterocycles. The predicted octanol–water partition coefficient (Wildman–Crippen LogP) is 1.23. The van der Waals surface area contributed by atoms with Crippen LogP contribution in [-0.4, -0.2) is 42.6 Å². The van der Waals surface area contributed by atoms with Crippen LogP contribution in [0.5, 0.6) is 0 Å². The van der Waals surface area contributed by atoms with Gasteiger partial charge in [-0.15, -0.1) is 0 Å². The average molecular weight is 285 g/mol. The van der Waals surface area contributed by atoms with Crippen molar-refractivity contribution in [1.29, 1.82) is 0 Å². The minimum Gasteiger partial charge on any atom is -0.313 e. The first-order valence-corrected chi connectivity index (χ1v) is 7.91. The molecule has 0 fully saturated rings. The lowest BCUT2D eigenvalue weighted by molar-refractivity contribution is 0.450. The van der Waals surface area contributed by atoms with E-state index in [0.717, 1.165) is 5.56 Å². The SMILES string of the molecule is CC(C)NCC(C)S(=O)(=O)N(C)Cc1cccnc1. The van der Waals surface area contributed by atoms with Crippen molar-refractivity contribution in [2.24, 2.45) is 0 Å². The molecular formula is C13H23N3O2S. The lowest BCUT2D eigenvalue weighted by Gasteiger charge is -2.23. The molecule has 0 aliphatic heterocycles. The third-order valence-electron chi connectivity index (χ3n) is 2.88. The smallest absolute Gasteiger partial charge is 0.218 e. The number of pyridine rings is 1. The van der Waals surface area contributed by atoms with Gasteiger partial charge in [0.2, 0.25) is 10.0 Å². The van der Waals surface area contributed by atoms with Crippen molar-refractivity contribution in [1.82, 2.24) is 14.6 Å². The molecule has 0 radical (unpaired) electrons. The average Bonchev–Trinajstić information content (AvgIpc) is 2.36. The summed E-state index contributed by atoms with van der Waals surface area (Å²) in [6.07, 6.45) is 3.36. The molecule has 0 saturated carbocycles. The van der Waals surface area contributed by atoms with E-state index in [1.54, 1.807) is 32.4 Å². The highest BCUT2D eigenvalue weighted by Crippen LogP contribution is 2.10. The quantitative estimate of drug-likeness (QED) is 0.818. The van der Waals surface area contributed by atoms with Gasteiger partial charge in [-0.05, 0) is 18.6 Å². The summed E-state index contributed by atoms with van der Waals surface area (Å²) >= 11 is 0. The zero-order valence-corrected chi connectivity index (χ0v) is 12.8. The van der Waals surface area contributed by atoms with Gasteiger partial charge in [-0.1, -0.05) is 19.9 Å². The summed E-state index contributed by atoms with van der Waals surface area (Å²) in [5.74, 6) is 0. The molecule has 6 heteroatoms. The Bertz CT molecular complexity index is 474. The van der Waals surface area contributed by atoms with Crippen molar-refractivity contribution >= 4 is 10.0 Å². The second kappa shape index (κ2) is 6.98. The van der Waals surface area contributed by atoms with Crippen molar-refractivity contribution in [3.8, 4) is 0 Å². The third kappa shape index (κ3) is 4.89. The molecular weight excluding hydrogens is 262 g/mol. The highest BCUT2D eigenvalue weighted by molar-refractivity contribution is 7.89. The molecule has 0 bridgehead atoms. The Labute approximate surface area is 116 Å². The van der Waals surface area contributed by atoms with Crippen molar-refractivity contribution in [3.05, 3.63) is 30.1 Å². The van der Waals surface area contributed by atoms with Crippen LogP contribution in [0.25, 0.3) is 0 Å². The summed E-state index contributed by atoms with van der Waals surface area (Å²) in [7, 11) is -1.68. The molecule has 0 aromatic carbocycles. The zero-order chi connectivity index (χ0) is 14.5. The Balaban J connectivity index is 2.66. The number of hydrogen-bond acceptors (Lipinski definition) is 4. The topological polar surface area (TPSA) is 62.3 Å². The highest BCUT2D eigenvalue weighted by atomic mass is 32.2. The van der Waals surface area contributed by atoms with Crippen LogP contribution in [0.3, 0.4) is 0 Å². The molecule has 1 atom stereocenters. The summed E-state index contributed by atoms with van der Waals surface area (Å²) in [5, 5.41) is 2.70. The van der Waals surface area contributed by atoms with Crippen molar-refractivity contribution in [3.63, 3.8) is 0 Å². The van der Waals surface area contributed by atoms with E-state index in [1.165, 1.54) is 4.31 Å². The van der Waals surface area contributed by atoms with Crippen LogP contribution < -0.4 is 5.32 Å². The Kier molecular flexibility index (Phi) is 5.90. The van der Waals surface area contributed by atoms with E-state index >= 15 is 0 Å². The Morgan fingerprint density at radius 1 is 1.37 bits per heavy atom. The molecule has 0 spiro atoms. The van der Waals surface area contributed by atoms with Gasteiger partial charge in [0.1, 0.15) is 0 Å². The lowest BCUT2D eigenvalue weighted by Crippen LogP contribution is -2.41. The van der Waals surface area contributed by atoms with Gasteiger partial charge in [-0.25, -0.2) is 12.7 Å². The minimum absolute atomic E-state index is 0.279. The van der Waals surface area contributed by atoms with Crippen LogP contribution >= 0.6 is 0 Å². The van der Waals surface area contributed by atoms with Gasteiger partial charge in [0.25, 0.3) is 0 Å². The molecule has 1 aromatic heterocycles. The fraction of sp³-hybridized carbons (Fsp3) is 0.615. The van der Waals surface area contributed by atoms with Gasteiger partial charge in [0, 0.05) is 38.6 Å². The molecule has 0 saturated heterocycles. The van der Waals surface area contributed by atoms with Crippen molar-refractivity contribution in [2.75, 3.05) is 13.6 Å². The molecule has 19 heavy (non-hydrogen) atoms. The Hall–Kier alpha value is -0.980. The van der Waals surface area contributed by atoms with Gasteiger partial charge >= 0.3 is 0 Å². The molecule has 1 unspecified atom stereocenters. The number of nitrogens with zero attached hydrogens (tertiary/aromatic N) is 2. The zero-order valence-electron chi connectivity index (χ0n) is 12.0. The first-order chi connectivity index (χ1) is 8.84. The van der Waals surface area contributed by atoms with E-state index < -0.39 is 15.3 Å². The molecule has 0 aliphatic rings. The van der Waals surface area contributed by atoms with Gasteiger partial charge in [0.15, 0.2) is 0 Å². The van der Waals surface area contributed by atoms with Gasteiger partial charge < -0.3 is 5.32 Å². The fourth-order valence-corrected chi connectivity index (χ4v) is 2.90. The van der Waals surface area contributed by atoms with Crippen molar-refractivity contribution in [2.45, 2.75) is 38.6 Å². The summed E-state index contributed by atoms with van der Waals surface area (Å²) in [6.45, 7) is 6.53. The van der Waals surface area contributed by atoms with E-state index in [-0.39, 0.29) is 6.04 Å². The normalized spacial score (nSPS) is 14.0. The van der Waals surface area contributed by atoms with Crippen LogP contribution in [0.4, 0.5) is 0 Å². The summed E-state index contributed by atoms with van der Waals surface area (Å²) in [4.78, 5) is 3.99. The fourth-order valence-electron chi connectivity index (χ4n) is 1.65. The second-order valence-electron chi connectivity index (χ2n) is 5.04. The maximum Gasteiger partial charge on any atom is 0.218 e. The number of rotatable bonds is 7. The van der Waals surface area contributed by atoms with E-state index in [1.807, 2.05) is 19.9 Å². The first kappa shape index (κ1) is 16.1. The maximum atomic E-state index is 12.3. The maximum absolute atomic E-state index is 12.3. The van der Waals surface area contributed by atoms with Gasteiger partial charge in [-0.2, -0.15) is 0 Å². The summed E-state index contributed by atoms with van der Waals surface area (Å²) in [6, 6.07) is 3.96. The molecule has 0 aliphatic carbocycles. The predicted molar refractivity (Wildman–Crippen MR) is 77.2 cm³/mol. The molecule has 0 amide bonds. The number of nitrogens with one attached hydrogen (secondary N) is 1. The molecule has 5 nitrogen and oxygen atoms in total.